The molecule has 11 heavy (non-hydrogen) atoms. The molecule has 0 aliphatic heterocycles. The van der Waals surface area contributed by atoms with Crippen LogP contribution in [0.5, 0.6) is 0 Å². The first-order chi connectivity index (χ1) is 5.04. The first kappa shape index (κ1) is 8.78. The normalized spacial score (nSPS) is 38.5. The van der Waals surface area contributed by atoms with Crippen molar-refractivity contribution in [3.63, 3.8) is 0 Å². The summed E-state index contributed by atoms with van der Waals surface area (Å²) < 4.78 is 12.5. The highest BCUT2D eigenvalue weighted by atomic mass is 35.5. The quantitative estimate of drug-likeness (QED) is 0.627. The third-order valence-corrected chi connectivity index (χ3v) is 2.63. The van der Waals surface area contributed by atoms with Crippen molar-refractivity contribution >= 4 is 17.6 Å². The molecule has 0 bridgehead atoms. The van der Waals surface area contributed by atoms with E-state index in [1.165, 1.54) is 0 Å². The maximum absolute atomic E-state index is 12.5. The van der Waals surface area contributed by atoms with Gasteiger partial charge in [0.25, 0.3) is 0 Å². The van der Waals surface area contributed by atoms with Gasteiger partial charge in [-0.1, -0.05) is 0 Å². The Labute approximate surface area is 69.3 Å². The molecule has 1 rings (SSSR count). The molecular weight excluding hydrogens is 171 g/mol. The number of carbonyl (C=O) groups is 1. The van der Waals surface area contributed by atoms with E-state index >= 15 is 0 Å². The van der Waals surface area contributed by atoms with Crippen LogP contribution in [0.2, 0.25) is 0 Å². The molecule has 0 radical (unpaired) electrons. The van der Waals surface area contributed by atoms with E-state index in [2.05, 4.69) is 0 Å². The molecule has 0 aromatic heterocycles. The molecule has 1 aliphatic rings. The lowest BCUT2D eigenvalue weighted by molar-refractivity contribution is -0.141. The summed E-state index contributed by atoms with van der Waals surface area (Å²) >= 11 is 5.71. The summed E-state index contributed by atoms with van der Waals surface area (Å²) in [7, 11) is 0. The van der Waals surface area contributed by atoms with Crippen molar-refractivity contribution in [3.05, 3.63) is 0 Å². The molecule has 4 heteroatoms. The zero-order chi connectivity index (χ0) is 8.48. The van der Waals surface area contributed by atoms with Crippen LogP contribution in [-0.4, -0.2) is 22.1 Å². The van der Waals surface area contributed by atoms with Gasteiger partial charge in [0.1, 0.15) is 11.0 Å². The fourth-order valence-corrected chi connectivity index (χ4v) is 1.47. The van der Waals surface area contributed by atoms with Crippen LogP contribution in [0.1, 0.15) is 25.7 Å². The summed E-state index contributed by atoms with van der Waals surface area (Å²) in [4.78, 5) is 9.34. The van der Waals surface area contributed by atoms with Gasteiger partial charge < -0.3 is 5.11 Å². The lowest BCUT2D eigenvalue weighted by Crippen LogP contribution is -2.37. The average molecular weight is 181 g/mol. The maximum atomic E-state index is 12.5. The Hall–Kier alpha value is -0.310. The fourth-order valence-electron chi connectivity index (χ4n) is 1.25. The number of carboxylic acids is 1. The van der Waals surface area contributed by atoms with Crippen LogP contribution in [0.4, 0.5) is 4.39 Å². The highest BCUT2D eigenvalue weighted by Gasteiger charge is 2.40. The molecule has 1 saturated carbocycles. The molecule has 0 saturated heterocycles. The highest BCUT2D eigenvalue weighted by Crippen LogP contribution is 2.35. The first-order valence-corrected chi connectivity index (χ1v) is 3.99. The smallest absolute Gasteiger partial charge is 0.324 e. The second kappa shape index (κ2) is 2.97. The van der Waals surface area contributed by atoms with Gasteiger partial charge in [0.05, 0.1) is 0 Å². The van der Waals surface area contributed by atoms with Crippen LogP contribution in [0.3, 0.4) is 0 Å². The number of aliphatic carboxylic acids is 1. The molecule has 0 unspecified atom stereocenters. The minimum Gasteiger partial charge on any atom is -0.480 e. The number of halogens is 2. The Morgan fingerprint density at radius 3 is 2.36 bits per heavy atom. The van der Waals surface area contributed by atoms with Gasteiger partial charge in [0.2, 0.25) is 0 Å². The van der Waals surface area contributed by atoms with E-state index in [0.29, 0.717) is 0 Å². The lowest BCUT2D eigenvalue weighted by atomic mass is 9.87. The van der Waals surface area contributed by atoms with Gasteiger partial charge >= 0.3 is 5.97 Å². The zero-order valence-electron chi connectivity index (χ0n) is 6.02. The number of rotatable bonds is 1. The number of carboxylic acid groups (broad SMARTS) is 1. The van der Waals surface area contributed by atoms with Gasteiger partial charge in [-0.3, -0.25) is 4.79 Å². The van der Waals surface area contributed by atoms with Gasteiger partial charge in [-0.2, -0.15) is 0 Å². The first-order valence-electron chi connectivity index (χ1n) is 3.61. The van der Waals surface area contributed by atoms with Gasteiger partial charge in [-0.15, -0.1) is 11.6 Å². The van der Waals surface area contributed by atoms with Crippen molar-refractivity contribution in [1.29, 1.82) is 0 Å². The Balaban J connectivity index is 2.55. The maximum Gasteiger partial charge on any atom is 0.324 e. The van der Waals surface area contributed by atoms with E-state index in [-0.39, 0.29) is 25.7 Å². The average Bonchev–Trinajstić information content (AvgIpc) is 1.95. The summed E-state index contributed by atoms with van der Waals surface area (Å²) in [6.07, 6.45) is 0.169. The Morgan fingerprint density at radius 1 is 1.55 bits per heavy atom. The second-order valence-corrected chi connectivity index (χ2v) is 3.67. The van der Waals surface area contributed by atoms with Crippen molar-refractivity contribution in [3.8, 4) is 0 Å². The summed E-state index contributed by atoms with van der Waals surface area (Å²) in [5, 5.41) is 8.63. The fraction of sp³-hybridized carbons (Fsp3) is 0.857. The minimum absolute atomic E-state index is 0.241. The third-order valence-electron chi connectivity index (χ3n) is 2.09. The van der Waals surface area contributed by atoms with Gasteiger partial charge in [0, 0.05) is 0 Å². The largest absolute Gasteiger partial charge is 0.480 e. The van der Waals surface area contributed by atoms with E-state index in [0.717, 1.165) is 0 Å². The van der Waals surface area contributed by atoms with Crippen molar-refractivity contribution in [2.24, 2.45) is 0 Å². The highest BCUT2D eigenvalue weighted by molar-refractivity contribution is 6.33. The number of alkyl halides is 2. The Morgan fingerprint density at radius 2 is 2.00 bits per heavy atom. The summed E-state index contributed by atoms with van der Waals surface area (Å²) in [5.74, 6) is -1.02. The predicted molar refractivity (Wildman–Crippen MR) is 39.6 cm³/mol. The molecule has 0 heterocycles. The van der Waals surface area contributed by atoms with Crippen LogP contribution < -0.4 is 0 Å². The van der Waals surface area contributed by atoms with Crippen LogP contribution in [-0.2, 0) is 4.79 Å². The monoisotopic (exact) mass is 180 g/mol. The minimum atomic E-state index is -1.19. The van der Waals surface area contributed by atoms with E-state index in [4.69, 9.17) is 16.7 Å². The molecule has 1 N–H and O–H groups in total. The van der Waals surface area contributed by atoms with Gasteiger partial charge in [-0.05, 0) is 25.7 Å². The molecule has 0 aromatic carbocycles. The predicted octanol–water partition coefficient (Wildman–Crippen LogP) is 1.96. The van der Waals surface area contributed by atoms with Gasteiger partial charge in [0.15, 0.2) is 0 Å². The molecule has 0 aromatic rings. The van der Waals surface area contributed by atoms with Crippen LogP contribution in [0, 0.1) is 0 Å². The zero-order valence-corrected chi connectivity index (χ0v) is 6.77. The van der Waals surface area contributed by atoms with Crippen molar-refractivity contribution in [2.45, 2.75) is 36.7 Å². The molecule has 1 fully saturated rings. The van der Waals surface area contributed by atoms with Crippen molar-refractivity contribution in [2.75, 3.05) is 0 Å². The van der Waals surface area contributed by atoms with Gasteiger partial charge in [-0.25, -0.2) is 4.39 Å². The van der Waals surface area contributed by atoms with Crippen LogP contribution in [0.15, 0.2) is 0 Å². The summed E-state index contributed by atoms with van der Waals surface area (Å²) in [6.45, 7) is 0. The Kier molecular flexibility index (Phi) is 2.37. The topological polar surface area (TPSA) is 37.3 Å². The molecule has 0 atom stereocenters. The molecule has 0 spiro atoms. The van der Waals surface area contributed by atoms with Crippen molar-refractivity contribution in [1.82, 2.24) is 0 Å². The van der Waals surface area contributed by atoms with E-state index in [1.807, 2.05) is 0 Å². The van der Waals surface area contributed by atoms with E-state index in [9.17, 15) is 9.18 Å². The van der Waals surface area contributed by atoms with Crippen LogP contribution >= 0.6 is 11.6 Å². The number of hydrogen-bond acceptors (Lipinski definition) is 1. The Bertz CT molecular complexity index is 164. The van der Waals surface area contributed by atoms with Crippen LogP contribution in [0.25, 0.3) is 0 Å². The number of hydrogen-bond donors (Lipinski definition) is 1. The third kappa shape index (κ3) is 1.83. The summed E-state index contributed by atoms with van der Waals surface area (Å²) in [6, 6.07) is 0. The molecule has 1 aliphatic carbocycles. The second-order valence-electron chi connectivity index (χ2n) is 2.95. The van der Waals surface area contributed by atoms with E-state index < -0.39 is 17.0 Å². The molecule has 64 valence electrons. The standard InChI is InChI=1S/C7H10ClFO2/c8-7(6(10)11)3-1-5(9)2-4-7/h5H,1-4H2,(H,10,11). The molecule has 0 amide bonds. The van der Waals surface area contributed by atoms with Crippen molar-refractivity contribution < 1.29 is 14.3 Å². The van der Waals surface area contributed by atoms with E-state index in [1.54, 1.807) is 0 Å². The lowest BCUT2D eigenvalue weighted by Gasteiger charge is -2.28. The molecule has 2 nitrogen and oxygen atoms in total. The summed E-state index contributed by atoms with van der Waals surface area (Å²) in [5.41, 5.74) is 0. The molecular formula is C7H10ClFO2. The SMILES string of the molecule is O=C(O)C1(Cl)CCC(F)CC1.